The molecule has 11 heteroatoms. The molecule has 0 unspecified atom stereocenters. The fourth-order valence-corrected chi connectivity index (χ4v) is 5.46. The Bertz CT molecular complexity index is 1350. The van der Waals surface area contributed by atoms with Crippen LogP contribution in [0.1, 0.15) is 79.6 Å². The van der Waals surface area contributed by atoms with Crippen molar-refractivity contribution in [3.8, 4) is 0 Å². The molecule has 40 heavy (non-hydrogen) atoms. The quantitative estimate of drug-likeness (QED) is 0.226. The largest absolute Gasteiger partial charge is 0.476 e. The van der Waals surface area contributed by atoms with E-state index in [0.29, 0.717) is 50.0 Å². The Morgan fingerprint density at radius 1 is 1.12 bits per heavy atom. The van der Waals surface area contributed by atoms with Crippen molar-refractivity contribution in [1.29, 1.82) is 0 Å². The van der Waals surface area contributed by atoms with Crippen molar-refractivity contribution in [3.05, 3.63) is 53.2 Å². The van der Waals surface area contributed by atoms with Crippen LogP contribution in [-0.2, 0) is 18.3 Å². The van der Waals surface area contributed by atoms with E-state index in [1.54, 1.807) is 6.92 Å². The SMILES string of the molecule is Cc1[nH]c([C@@H](Cc2cn(C)c3ccccc23)NC(=O)[C@H](CC(C)C)NC(=O)NC2CCC(O)CC2)nc1C(=O)O. The second-order valence-electron chi connectivity index (χ2n) is 11.3. The summed E-state index contributed by atoms with van der Waals surface area (Å²) in [5, 5.41) is 29.2. The van der Waals surface area contributed by atoms with E-state index in [1.807, 2.05) is 55.9 Å². The highest BCUT2D eigenvalue weighted by Gasteiger charge is 2.29. The number of rotatable bonds is 10. The van der Waals surface area contributed by atoms with Crippen LogP contribution >= 0.6 is 0 Å². The second kappa shape index (κ2) is 12.5. The molecule has 11 nitrogen and oxygen atoms in total. The lowest BCUT2D eigenvalue weighted by atomic mass is 9.93. The molecule has 0 saturated heterocycles. The number of carbonyl (C=O) groups excluding carboxylic acids is 2. The van der Waals surface area contributed by atoms with Gasteiger partial charge in [-0.05, 0) is 56.6 Å². The molecule has 6 N–H and O–H groups in total. The number of carbonyl (C=O) groups is 3. The molecule has 0 spiro atoms. The molecule has 0 radical (unpaired) electrons. The Morgan fingerprint density at radius 3 is 2.48 bits per heavy atom. The summed E-state index contributed by atoms with van der Waals surface area (Å²) in [4.78, 5) is 45.6. The molecular weight excluding hydrogens is 512 g/mol. The number of urea groups is 1. The van der Waals surface area contributed by atoms with Gasteiger partial charge >= 0.3 is 12.0 Å². The van der Waals surface area contributed by atoms with E-state index >= 15 is 0 Å². The first kappa shape index (κ1) is 29.1. The lowest BCUT2D eigenvalue weighted by molar-refractivity contribution is -0.124. The zero-order chi connectivity index (χ0) is 29.0. The number of nitrogens with one attached hydrogen (secondary N) is 4. The number of aryl methyl sites for hydroxylation is 2. The number of aromatic nitrogens is 3. The van der Waals surface area contributed by atoms with Gasteiger partial charge in [0.1, 0.15) is 11.9 Å². The predicted molar refractivity (Wildman–Crippen MR) is 151 cm³/mol. The van der Waals surface area contributed by atoms with Gasteiger partial charge in [-0.25, -0.2) is 14.6 Å². The summed E-state index contributed by atoms with van der Waals surface area (Å²) in [6, 6.07) is 6.00. The van der Waals surface area contributed by atoms with E-state index in [2.05, 4.69) is 25.9 Å². The summed E-state index contributed by atoms with van der Waals surface area (Å²) in [7, 11) is 1.95. The van der Waals surface area contributed by atoms with Crippen molar-refractivity contribution in [3.63, 3.8) is 0 Å². The number of aliphatic hydroxyl groups excluding tert-OH is 1. The first-order valence-electron chi connectivity index (χ1n) is 13.9. The number of nitrogens with zero attached hydrogens (tertiary/aromatic N) is 2. The number of hydrogen-bond acceptors (Lipinski definition) is 5. The number of fused-ring (bicyclic) bond motifs is 1. The van der Waals surface area contributed by atoms with Crippen LogP contribution in [0.15, 0.2) is 30.5 Å². The van der Waals surface area contributed by atoms with Gasteiger partial charge in [0.15, 0.2) is 5.69 Å². The van der Waals surface area contributed by atoms with E-state index in [0.717, 1.165) is 16.5 Å². The van der Waals surface area contributed by atoms with Crippen LogP contribution in [0.3, 0.4) is 0 Å². The van der Waals surface area contributed by atoms with Gasteiger partial charge in [0.05, 0.1) is 12.1 Å². The summed E-state index contributed by atoms with van der Waals surface area (Å²) in [5.41, 5.74) is 2.31. The van der Waals surface area contributed by atoms with Crippen LogP contribution < -0.4 is 16.0 Å². The zero-order valence-electron chi connectivity index (χ0n) is 23.5. The Hall–Kier alpha value is -3.86. The molecule has 3 amide bonds. The van der Waals surface area contributed by atoms with Crippen molar-refractivity contribution >= 4 is 28.8 Å². The van der Waals surface area contributed by atoms with Crippen molar-refractivity contribution < 1.29 is 24.6 Å². The molecule has 216 valence electrons. The second-order valence-corrected chi connectivity index (χ2v) is 11.3. The van der Waals surface area contributed by atoms with Gasteiger partial charge in [-0.3, -0.25) is 4.79 Å². The minimum Gasteiger partial charge on any atom is -0.476 e. The third-order valence-corrected chi connectivity index (χ3v) is 7.52. The number of H-pyrrole nitrogens is 1. The van der Waals surface area contributed by atoms with Gasteiger partial charge in [-0.1, -0.05) is 32.0 Å². The summed E-state index contributed by atoms with van der Waals surface area (Å²) in [6.07, 6.45) is 5.10. The zero-order valence-corrected chi connectivity index (χ0v) is 23.5. The monoisotopic (exact) mass is 552 g/mol. The van der Waals surface area contributed by atoms with Gasteiger partial charge in [0.25, 0.3) is 0 Å². The van der Waals surface area contributed by atoms with Crippen LogP contribution in [0.5, 0.6) is 0 Å². The molecule has 0 aliphatic heterocycles. The van der Waals surface area contributed by atoms with Gasteiger partial charge < -0.3 is 35.7 Å². The van der Waals surface area contributed by atoms with Crippen LogP contribution in [-0.4, -0.2) is 60.8 Å². The molecule has 2 heterocycles. The molecule has 1 aliphatic rings. The van der Waals surface area contributed by atoms with E-state index < -0.39 is 24.1 Å². The predicted octanol–water partition coefficient (Wildman–Crippen LogP) is 3.33. The van der Waals surface area contributed by atoms with Gasteiger partial charge in [0.2, 0.25) is 5.91 Å². The third kappa shape index (κ3) is 7.01. The average molecular weight is 553 g/mol. The number of imidazole rings is 1. The van der Waals surface area contributed by atoms with Crippen LogP contribution in [0.4, 0.5) is 4.79 Å². The molecule has 0 bridgehead atoms. The first-order chi connectivity index (χ1) is 19.0. The number of para-hydroxylation sites is 1. The Kier molecular flexibility index (Phi) is 9.14. The van der Waals surface area contributed by atoms with Crippen molar-refractivity contribution in [2.24, 2.45) is 13.0 Å². The molecule has 1 saturated carbocycles. The average Bonchev–Trinajstić information content (AvgIpc) is 3.44. The normalized spacial score (nSPS) is 18.9. The summed E-state index contributed by atoms with van der Waals surface area (Å²) >= 11 is 0. The number of hydrogen-bond donors (Lipinski definition) is 6. The molecule has 1 aliphatic carbocycles. The molecule has 3 aromatic rings. The molecule has 1 aromatic carbocycles. The summed E-state index contributed by atoms with van der Waals surface area (Å²) < 4.78 is 2.01. The Morgan fingerprint density at radius 2 is 1.82 bits per heavy atom. The highest BCUT2D eigenvalue weighted by molar-refractivity contribution is 5.88. The van der Waals surface area contributed by atoms with Gasteiger partial charge in [0, 0.05) is 42.3 Å². The number of carboxylic acid groups (broad SMARTS) is 1. The maximum atomic E-state index is 13.7. The van der Waals surface area contributed by atoms with Crippen LogP contribution in [0.25, 0.3) is 10.9 Å². The molecular formula is C29H40N6O5. The van der Waals surface area contributed by atoms with Crippen LogP contribution in [0.2, 0.25) is 0 Å². The topological polar surface area (TPSA) is 161 Å². The third-order valence-electron chi connectivity index (χ3n) is 7.52. The maximum absolute atomic E-state index is 13.7. The van der Waals surface area contributed by atoms with E-state index in [9.17, 15) is 24.6 Å². The van der Waals surface area contributed by atoms with Crippen LogP contribution in [0, 0.1) is 12.8 Å². The smallest absolute Gasteiger partial charge is 0.356 e. The van der Waals surface area contributed by atoms with Crippen molar-refractivity contribution in [1.82, 2.24) is 30.5 Å². The highest BCUT2D eigenvalue weighted by atomic mass is 16.4. The highest BCUT2D eigenvalue weighted by Crippen LogP contribution is 2.26. The first-order valence-corrected chi connectivity index (χ1v) is 13.9. The number of aliphatic hydroxyl groups is 1. The van der Waals surface area contributed by atoms with E-state index in [-0.39, 0.29) is 29.7 Å². The lowest BCUT2D eigenvalue weighted by Crippen LogP contribution is -2.53. The Balaban J connectivity index is 1.56. The summed E-state index contributed by atoms with van der Waals surface area (Å²) in [5.74, 6) is -1.06. The van der Waals surface area contributed by atoms with E-state index in [4.69, 9.17) is 0 Å². The lowest BCUT2D eigenvalue weighted by Gasteiger charge is -2.28. The number of aromatic amines is 1. The number of benzene rings is 1. The summed E-state index contributed by atoms with van der Waals surface area (Å²) in [6.45, 7) is 5.59. The number of amides is 3. The molecule has 2 aromatic heterocycles. The molecule has 4 rings (SSSR count). The van der Waals surface area contributed by atoms with E-state index in [1.165, 1.54) is 0 Å². The van der Waals surface area contributed by atoms with Gasteiger partial charge in [-0.15, -0.1) is 0 Å². The standard InChI is InChI=1S/C29H40N6O5/c1-16(2)13-23(33-29(40)31-19-9-11-20(36)12-10-19)27(37)32-22(26-30-17(3)25(34-26)28(38)39)14-18-15-35(4)24-8-6-5-7-21(18)24/h5-8,15-16,19-20,22-23,36H,9-14H2,1-4H3,(H,30,34)(H,32,37)(H,38,39)(H2,31,33,40)/t19?,20?,22-,23+/m1/s1. The van der Waals surface area contributed by atoms with Crippen molar-refractivity contribution in [2.75, 3.05) is 0 Å². The maximum Gasteiger partial charge on any atom is 0.356 e. The van der Waals surface area contributed by atoms with Gasteiger partial charge in [-0.2, -0.15) is 0 Å². The Labute approximate surface area is 233 Å². The number of carboxylic acids is 1. The number of aromatic carboxylic acids is 1. The fraction of sp³-hybridized carbons (Fsp3) is 0.517. The minimum absolute atomic E-state index is 0.0502. The fourth-order valence-electron chi connectivity index (χ4n) is 5.46. The minimum atomic E-state index is -1.15. The molecule has 1 fully saturated rings. The molecule has 2 atom stereocenters. The van der Waals surface area contributed by atoms with Crippen molar-refractivity contribution in [2.45, 2.75) is 83.5 Å².